The van der Waals surface area contributed by atoms with Crippen LogP contribution in [0.1, 0.15) is 31.9 Å². The van der Waals surface area contributed by atoms with E-state index in [1.165, 1.54) is 34.4 Å². The summed E-state index contributed by atoms with van der Waals surface area (Å²) in [5.74, 6) is 0. The Labute approximate surface area is 140 Å². The van der Waals surface area contributed by atoms with Gasteiger partial charge in [0.15, 0.2) is 0 Å². The molecule has 0 aliphatic rings. The van der Waals surface area contributed by atoms with Crippen LogP contribution in [0, 0.1) is 0 Å². The van der Waals surface area contributed by atoms with Gasteiger partial charge in [-0.25, -0.2) is 0 Å². The van der Waals surface area contributed by atoms with Gasteiger partial charge in [0.05, 0.1) is 0 Å². The Bertz CT molecular complexity index is 581. The van der Waals surface area contributed by atoms with E-state index in [-0.39, 0.29) is 0 Å². The molecule has 2 aromatic rings. The van der Waals surface area contributed by atoms with E-state index in [1.807, 2.05) is 6.08 Å². The molecule has 0 atom stereocenters. The van der Waals surface area contributed by atoms with Gasteiger partial charge in [-0.3, -0.25) is 0 Å². The molecule has 0 radical (unpaired) electrons. The quantitative estimate of drug-likeness (QED) is 0.461. The van der Waals surface area contributed by atoms with Crippen LogP contribution in [0.2, 0.25) is 13.3 Å². The Morgan fingerprint density at radius 2 is 1.23 bits per heavy atom. The van der Waals surface area contributed by atoms with Crippen LogP contribution >= 0.6 is 0 Å². The van der Waals surface area contributed by atoms with Gasteiger partial charge in [-0.2, -0.15) is 0 Å². The third-order valence-corrected chi connectivity index (χ3v) is 21.4. The Kier molecular flexibility index (Phi) is 6.31. The zero-order valence-corrected chi connectivity index (χ0v) is 17.1. The normalized spacial score (nSPS) is 11.4. The van der Waals surface area contributed by atoms with Gasteiger partial charge in [0.1, 0.15) is 0 Å². The molecule has 2 rings (SSSR count). The topological polar surface area (TPSA) is 0 Å². The molecule has 0 bridgehead atoms. The third-order valence-electron chi connectivity index (χ3n) is 5.26. The van der Waals surface area contributed by atoms with Crippen molar-refractivity contribution in [1.82, 2.24) is 0 Å². The minimum absolute atomic E-state index is 1.17. The molecule has 0 nitrogen and oxygen atoms in total. The number of rotatable bonds is 7. The van der Waals surface area contributed by atoms with Crippen LogP contribution in [-0.2, 0) is 4.44 Å². The van der Waals surface area contributed by atoms with E-state index in [0.29, 0.717) is 0 Å². The molecular weight excluding hydrogens is 371 g/mol. The van der Waals surface area contributed by atoms with E-state index in [9.17, 15) is 0 Å². The fraction of sp³-hybridized carbons (Fsp3) is 0.333. The second-order valence-electron chi connectivity index (χ2n) is 6.26. The van der Waals surface area contributed by atoms with E-state index in [1.54, 1.807) is 5.56 Å². The molecule has 0 unspecified atom stereocenters. The van der Waals surface area contributed by atoms with Crippen molar-refractivity contribution in [3.05, 3.63) is 66.2 Å². The van der Waals surface area contributed by atoms with Crippen LogP contribution in [0.4, 0.5) is 0 Å². The maximum absolute atomic E-state index is 3.81. The first-order valence-corrected chi connectivity index (χ1v) is 16.6. The SMILES string of the molecule is C=Cc1ccc(-c2ccc([CH2][Sn]([CH2]C)([CH2]C)[CH2]C)cc2)cc1. The summed E-state index contributed by atoms with van der Waals surface area (Å²) in [7, 11) is 0. The Morgan fingerprint density at radius 1 is 0.773 bits per heavy atom. The summed E-state index contributed by atoms with van der Waals surface area (Å²) >= 11 is -1.87. The van der Waals surface area contributed by atoms with Crippen molar-refractivity contribution in [1.29, 1.82) is 0 Å². The van der Waals surface area contributed by atoms with Crippen LogP contribution in [0.3, 0.4) is 0 Å². The van der Waals surface area contributed by atoms with Crippen LogP contribution in [0.25, 0.3) is 17.2 Å². The first-order valence-electron chi connectivity index (χ1n) is 8.48. The third kappa shape index (κ3) is 4.04. The van der Waals surface area contributed by atoms with Crippen LogP contribution in [0.15, 0.2) is 55.1 Å². The molecule has 0 saturated heterocycles. The van der Waals surface area contributed by atoms with Gasteiger partial charge >= 0.3 is 140 Å². The predicted octanol–water partition coefficient (Wildman–Crippen LogP) is 6.59. The second kappa shape index (κ2) is 8.01. The molecule has 0 saturated carbocycles. The van der Waals surface area contributed by atoms with E-state index in [4.69, 9.17) is 0 Å². The summed E-state index contributed by atoms with van der Waals surface area (Å²) in [6.07, 6.45) is 1.89. The van der Waals surface area contributed by atoms with Gasteiger partial charge in [-0.05, 0) is 0 Å². The fourth-order valence-corrected chi connectivity index (χ4v) is 12.8. The minimum atomic E-state index is -1.87. The molecule has 0 aliphatic heterocycles. The zero-order valence-electron chi connectivity index (χ0n) is 14.2. The zero-order chi connectivity index (χ0) is 16.0. The van der Waals surface area contributed by atoms with E-state index >= 15 is 0 Å². The van der Waals surface area contributed by atoms with Gasteiger partial charge in [0.25, 0.3) is 0 Å². The van der Waals surface area contributed by atoms with Gasteiger partial charge < -0.3 is 0 Å². The summed E-state index contributed by atoms with van der Waals surface area (Å²) < 4.78 is 5.79. The Balaban J connectivity index is 2.17. The van der Waals surface area contributed by atoms with Crippen molar-refractivity contribution in [3.8, 4) is 11.1 Å². The molecule has 0 amide bonds. The van der Waals surface area contributed by atoms with Gasteiger partial charge in [0.2, 0.25) is 0 Å². The molecule has 0 fully saturated rings. The second-order valence-corrected chi connectivity index (χ2v) is 21.9. The van der Waals surface area contributed by atoms with Crippen molar-refractivity contribution < 1.29 is 0 Å². The molecule has 22 heavy (non-hydrogen) atoms. The standard InChI is InChI=1S/C15H13.3C2H5.Sn/c1-3-13-6-10-15(11-7-13)14-8-4-12(2)5-9-14;3*1-2;/h3-11H,1-2H2;3*1H2,2H3;. The van der Waals surface area contributed by atoms with Crippen LogP contribution < -0.4 is 0 Å². The molecule has 1 heteroatoms. The monoisotopic (exact) mass is 400 g/mol. The number of hydrogen-bond donors (Lipinski definition) is 0. The van der Waals surface area contributed by atoms with Crippen LogP contribution in [-0.4, -0.2) is 18.4 Å². The average Bonchev–Trinajstić information content (AvgIpc) is 2.60. The van der Waals surface area contributed by atoms with Crippen LogP contribution in [0.5, 0.6) is 0 Å². The van der Waals surface area contributed by atoms with Crippen molar-refractivity contribution in [2.24, 2.45) is 0 Å². The summed E-state index contributed by atoms with van der Waals surface area (Å²) in [6, 6.07) is 17.9. The Morgan fingerprint density at radius 3 is 1.64 bits per heavy atom. The van der Waals surface area contributed by atoms with Crippen molar-refractivity contribution in [2.45, 2.75) is 38.5 Å². The molecule has 0 spiro atoms. The van der Waals surface area contributed by atoms with E-state index < -0.39 is 18.4 Å². The summed E-state index contributed by atoms with van der Waals surface area (Å²) in [5.41, 5.74) is 5.32. The van der Waals surface area contributed by atoms with Crippen molar-refractivity contribution >= 4 is 24.5 Å². The fourth-order valence-electron chi connectivity index (χ4n) is 3.18. The number of hydrogen-bond acceptors (Lipinski definition) is 0. The summed E-state index contributed by atoms with van der Waals surface area (Å²) in [6.45, 7) is 11.1. The molecule has 0 N–H and O–H groups in total. The molecule has 0 heterocycles. The molecule has 0 aliphatic carbocycles. The predicted molar refractivity (Wildman–Crippen MR) is 103 cm³/mol. The maximum atomic E-state index is 3.81. The molecule has 116 valence electrons. The summed E-state index contributed by atoms with van der Waals surface area (Å²) in [5, 5.41) is 0. The van der Waals surface area contributed by atoms with E-state index in [0.717, 1.165) is 0 Å². The van der Waals surface area contributed by atoms with Crippen molar-refractivity contribution in [2.75, 3.05) is 0 Å². The first kappa shape index (κ1) is 17.3. The molecular formula is C21H28Sn. The Hall–Kier alpha value is -1.02. The number of benzene rings is 2. The molecule has 0 aromatic heterocycles. The first-order chi connectivity index (χ1) is 10.7. The van der Waals surface area contributed by atoms with Gasteiger partial charge in [0, 0.05) is 0 Å². The van der Waals surface area contributed by atoms with Crippen molar-refractivity contribution in [3.63, 3.8) is 0 Å². The average molecular weight is 399 g/mol. The summed E-state index contributed by atoms with van der Waals surface area (Å²) in [4.78, 5) is 0. The van der Waals surface area contributed by atoms with Gasteiger partial charge in [-0.1, -0.05) is 0 Å². The van der Waals surface area contributed by atoms with E-state index in [2.05, 4.69) is 75.9 Å². The van der Waals surface area contributed by atoms with Gasteiger partial charge in [-0.15, -0.1) is 0 Å². The molecule has 2 aromatic carbocycles.